The minimum atomic E-state index is -0.287. The standard InChI is InChI=1S/C20H16N2O/c23-19(16-9-3-1-4-10-16)15-22-20(17-11-5-2-6-12-17)18-13-7-8-14-21-18/h1-15,20H. The van der Waals surface area contributed by atoms with E-state index in [-0.39, 0.29) is 11.8 Å². The normalized spacial score (nSPS) is 12.2. The van der Waals surface area contributed by atoms with Crippen LogP contribution in [0.1, 0.15) is 27.7 Å². The number of carbonyl (C=O) groups is 1. The molecule has 0 aliphatic carbocycles. The number of rotatable bonds is 5. The molecule has 1 aromatic heterocycles. The first-order valence-electron chi connectivity index (χ1n) is 7.43. The summed E-state index contributed by atoms with van der Waals surface area (Å²) < 4.78 is 0. The number of aromatic nitrogens is 1. The van der Waals surface area contributed by atoms with Gasteiger partial charge in [0, 0.05) is 11.8 Å². The predicted molar refractivity (Wildman–Crippen MR) is 91.8 cm³/mol. The molecule has 0 fully saturated rings. The van der Waals surface area contributed by atoms with Gasteiger partial charge in [-0.3, -0.25) is 14.8 Å². The quantitative estimate of drug-likeness (QED) is 0.525. The molecule has 3 heteroatoms. The molecule has 0 N–H and O–H groups in total. The third-order valence-corrected chi connectivity index (χ3v) is 3.48. The van der Waals surface area contributed by atoms with Crippen molar-refractivity contribution in [2.75, 3.05) is 0 Å². The van der Waals surface area contributed by atoms with Crippen molar-refractivity contribution >= 4 is 12.0 Å². The second-order valence-corrected chi connectivity index (χ2v) is 5.08. The second-order valence-electron chi connectivity index (χ2n) is 5.08. The molecule has 0 amide bonds. The number of carbonyl (C=O) groups excluding carboxylic acids is 1. The lowest BCUT2D eigenvalue weighted by atomic mass is 10.0. The Kier molecular flexibility index (Phi) is 4.69. The van der Waals surface area contributed by atoms with Crippen molar-refractivity contribution in [1.82, 2.24) is 4.98 Å². The number of benzene rings is 2. The Labute approximate surface area is 135 Å². The summed E-state index contributed by atoms with van der Waals surface area (Å²) in [6, 6.07) is 24.4. The van der Waals surface area contributed by atoms with E-state index in [0.717, 1.165) is 11.3 Å². The lowest BCUT2D eigenvalue weighted by molar-refractivity contribution is 0.107. The SMILES string of the molecule is O=C(C=NC(c1ccccc1)c1ccccn1)c1ccccc1. The number of nitrogens with zero attached hydrogens (tertiary/aromatic N) is 2. The topological polar surface area (TPSA) is 42.3 Å². The van der Waals surface area contributed by atoms with E-state index in [1.165, 1.54) is 6.21 Å². The Bertz CT molecular complexity index is 744. The average molecular weight is 300 g/mol. The minimum Gasteiger partial charge on any atom is -0.288 e. The Morgan fingerprint density at radius 2 is 1.52 bits per heavy atom. The highest BCUT2D eigenvalue weighted by atomic mass is 16.1. The second kappa shape index (κ2) is 7.27. The summed E-state index contributed by atoms with van der Waals surface area (Å²) in [6.45, 7) is 0. The van der Waals surface area contributed by atoms with E-state index in [4.69, 9.17) is 0 Å². The van der Waals surface area contributed by atoms with Gasteiger partial charge in [0.15, 0.2) is 0 Å². The number of hydrogen-bond acceptors (Lipinski definition) is 3. The molecule has 3 rings (SSSR count). The fraction of sp³-hybridized carbons (Fsp3) is 0.0500. The van der Waals surface area contributed by atoms with Crippen LogP contribution in [-0.4, -0.2) is 17.0 Å². The zero-order chi connectivity index (χ0) is 15.9. The smallest absolute Gasteiger partial charge is 0.203 e. The first kappa shape index (κ1) is 14.9. The van der Waals surface area contributed by atoms with E-state index in [2.05, 4.69) is 9.98 Å². The first-order valence-corrected chi connectivity index (χ1v) is 7.43. The fourth-order valence-electron chi connectivity index (χ4n) is 2.33. The molecule has 0 aliphatic heterocycles. The summed E-state index contributed by atoms with van der Waals surface area (Å²) >= 11 is 0. The summed E-state index contributed by atoms with van der Waals surface area (Å²) in [5.74, 6) is -0.109. The third-order valence-electron chi connectivity index (χ3n) is 3.48. The number of Topliss-reactive ketones (excluding diaryl/α,β-unsaturated/α-hetero) is 1. The van der Waals surface area contributed by atoms with Gasteiger partial charge in [0.1, 0.15) is 6.04 Å². The van der Waals surface area contributed by atoms with Gasteiger partial charge in [0.2, 0.25) is 5.78 Å². The van der Waals surface area contributed by atoms with Crippen LogP contribution in [0.25, 0.3) is 0 Å². The molecule has 0 spiro atoms. The Hall–Kier alpha value is -3.07. The molecule has 3 nitrogen and oxygen atoms in total. The lowest BCUT2D eigenvalue weighted by Gasteiger charge is -2.12. The minimum absolute atomic E-state index is 0.109. The van der Waals surface area contributed by atoms with Crippen LogP contribution in [0.3, 0.4) is 0 Å². The highest BCUT2D eigenvalue weighted by molar-refractivity contribution is 6.35. The van der Waals surface area contributed by atoms with Crippen LogP contribution in [0.4, 0.5) is 0 Å². The maximum absolute atomic E-state index is 12.2. The summed E-state index contributed by atoms with van der Waals surface area (Å²) in [7, 11) is 0. The van der Waals surface area contributed by atoms with E-state index in [9.17, 15) is 4.79 Å². The van der Waals surface area contributed by atoms with Crippen LogP contribution < -0.4 is 0 Å². The first-order chi connectivity index (χ1) is 11.3. The van der Waals surface area contributed by atoms with Crippen LogP contribution in [-0.2, 0) is 0 Å². The van der Waals surface area contributed by atoms with Gasteiger partial charge in [0.05, 0.1) is 11.9 Å². The Morgan fingerprint density at radius 3 is 2.17 bits per heavy atom. The molecule has 0 bridgehead atoms. The van der Waals surface area contributed by atoms with Crippen molar-refractivity contribution in [3.8, 4) is 0 Å². The Balaban J connectivity index is 1.91. The molecule has 0 saturated heterocycles. The van der Waals surface area contributed by atoms with Crippen LogP contribution >= 0.6 is 0 Å². The van der Waals surface area contributed by atoms with Crippen molar-refractivity contribution in [3.05, 3.63) is 102 Å². The molecule has 0 saturated carbocycles. The van der Waals surface area contributed by atoms with Crippen LogP contribution in [0.2, 0.25) is 0 Å². The van der Waals surface area contributed by atoms with Gasteiger partial charge in [-0.2, -0.15) is 0 Å². The van der Waals surface area contributed by atoms with Gasteiger partial charge in [-0.15, -0.1) is 0 Å². The molecular weight excluding hydrogens is 284 g/mol. The van der Waals surface area contributed by atoms with Crippen molar-refractivity contribution in [2.45, 2.75) is 6.04 Å². The fourth-order valence-corrected chi connectivity index (χ4v) is 2.33. The summed E-state index contributed by atoms with van der Waals surface area (Å²) in [4.78, 5) is 21.1. The zero-order valence-corrected chi connectivity index (χ0v) is 12.5. The summed E-state index contributed by atoms with van der Waals surface area (Å²) in [5.41, 5.74) is 2.45. The highest BCUT2D eigenvalue weighted by Crippen LogP contribution is 2.23. The predicted octanol–water partition coefficient (Wildman–Crippen LogP) is 4.12. The number of hydrogen-bond donors (Lipinski definition) is 0. The molecular formula is C20H16N2O. The molecule has 23 heavy (non-hydrogen) atoms. The molecule has 0 aliphatic rings. The van der Waals surface area contributed by atoms with Gasteiger partial charge < -0.3 is 0 Å². The molecule has 3 aromatic rings. The zero-order valence-electron chi connectivity index (χ0n) is 12.5. The lowest BCUT2D eigenvalue weighted by Crippen LogP contribution is -2.05. The van der Waals surface area contributed by atoms with Crippen molar-refractivity contribution < 1.29 is 4.79 Å². The summed E-state index contributed by atoms with van der Waals surface area (Å²) in [5, 5.41) is 0. The van der Waals surface area contributed by atoms with Gasteiger partial charge >= 0.3 is 0 Å². The van der Waals surface area contributed by atoms with E-state index in [0.29, 0.717) is 5.56 Å². The van der Waals surface area contributed by atoms with Gasteiger partial charge in [-0.05, 0) is 17.7 Å². The van der Waals surface area contributed by atoms with Crippen molar-refractivity contribution in [2.24, 2.45) is 4.99 Å². The van der Waals surface area contributed by atoms with Gasteiger partial charge in [-0.25, -0.2) is 0 Å². The van der Waals surface area contributed by atoms with Crippen LogP contribution in [0.5, 0.6) is 0 Å². The van der Waals surface area contributed by atoms with Crippen molar-refractivity contribution in [3.63, 3.8) is 0 Å². The van der Waals surface area contributed by atoms with E-state index in [1.807, 2.05) is 66.7 Å². The summed E-state index contributed by atoms with van der Waals surface area (Å²) in [6.07, 6.45) is 3.13. The van der Waals surface area contributed by atoms with E-state index >= 15 is 0 Å². The molecule has 1 unspecified atom stereocenters. The van der Waals surface area contributed by atoms with E-state index in [1.54, 1.807) is 18.3 Å². The number of ketones is 1. The third kappa shape index (κ3) is 3.77. The largest absolute Gasteiger partial charge is 0.288 e. The van der Waals surface area contributed by atoms with Gasteiger partial charge in [-0.1, -0.05) is 66.7 Å². The van der Waals surface area contributed by atoms with Crippen LogP contribution in [0.15, 0.2) is 90.1 Å². The molecule has 0 radical (unpaired) electrons. The molecule has 1 heterocycles. The highest BCUT2D eigenvalue weighted by Gasteiger charge is 2.13. The average Bonchev–Trinajstić information content (AvgIpc) is 2.64. The maximum atomic E-state index is 12.2. The number of pyridine rings is 1. The Morgan fingerprint density at radius 1 is 0.870 bits per heavy atom. The maximum Gasteiger partial charge on any atom is 0.203 e. The van der Waals surface area contributed by atoms with Crippen molar-refractivity contribution in [1.29, 1.82) is 0 Å². The number of aliphatic imine (C=N–C) groups is 1. The van der Waals surface area contributed by atoms with Crippen LogP contribution in [0, 0.1) is 0 Å². The molecule has 1 atom stereocenters. The monoisotopic (exact) mass is 300 g/mol. The molecule has 112 valence electrons. The van der Waals surface area contributed by atoms with Gasteiger partial charge in [0.25, 0.3) is 0 Å². The molecule has 2 aromatic carbocycles. The van der Waals surface area contributed by atoms with E-state index < -0.39 is 0 Å².